The Morgan fingerprint density at radius 1 is 0.938 bits per heavy atom. The number of carbonyl (C=O) groups excluding carboxylic acids is 2. The van der Waals surface area contributed by atoms with Crippen LogP contribution in [0.4, 0.5) is 0 Å². The van der Waals surface area contributed by atoms with E-state index in [1.165, 1.54) is 0 Å². The fourth-order valence-corrected chi connectivity index (χ4v) is 2.36. The van der Waals surface area contributed by atoms with Gasteiger partial charge in [-0.3, -0.25) is 9.59 Å². The summed E-state index contributed by atoms with van der Waals surface area (Å²) in [6.45, 7) is 6.79. The first-order valence-corrected chi connectivity index (χ1v) is 9.98. The lowest BCUT2D eigenvalue weighted by atomic mass is 10.1. The summed E-state index contributed by atoms with van der Waals surface area (Å²) in [6, 6.07) is 7.49. The minimum Gasteiger partial charge on any atom is -0.386 e. The van der Waals surface area contributed by atoms with Gasteiger partial charge in [-0.2, -0.15) is 0 Å². The Balaban J connectivity index is 1.49. The first-order chi connectivity index (χ1) is 15.6. The van der Waals surface area contributed by atoms with Gasteiger partial charge in [0.25, 0.3) is 5.91 Å². The fourth-order valence-electron chi connectivity index (χ4n) is 2.36. The Morgan fingerprint density at radius 2 is 1.62 bits per heavy atom. The van der Waals surface area contributed by atoms with Gasteiger partial charge in [-0.25, -0.2) is 0 Å². The smallest absolute Gasteiger partial charge is 0.260 e. The topological polar surface area (TPSA) is 150 Å². The fraction of sp³-hybridized carbons (Fsp3) is 0.450. The van der Waals surface area contributed by atoms with Gasteiger partial charge in [-0.1, -0.05) is 24.3 Å². The predicted molar refractivity (Wildman–Crippen MR) is 114 cm³/mol. The number of oxime groups is 1. The van der Waals surface area contributed by atoms with Crippen molar-refractivity contribution in [1.29, 1.82) is 0 Å². The lowest BCUT2D eigenvalue weighted by molar-refractivity contribution is -0.125. The monoisotopic (exact) mass is 445 g/mol. The number of rotatable bonds is 15. The molecule has 0 radical (unpaired) electrons. The van der Waals surface area contributed by atoms with Crippen molar-refractivity contribution in [1.82, 2.24) is 31.0 Å². The van der Waals surface area contributed by atoms with E-state index in [0.29, 0.717) is 51.2 Å². The molecule has 0 aliphatic carbocycles. The minimum atomic E-state index is -0.297. The van der Waals surface area contributed by atoms with Crippen molar-refractivity contribution < 1.29 is 23.9 Å². The van der Waals surface area contributed by atoms with Crippen LogP contribution in [0.2, 0.25) is 0 Å². The molecule has 2 aromatic rings. The van der Waals surface area contributed by atoms with Gasteiger partial charge in [0.2, 0.25) is 11.7 Å². The molecular formula is C20H27N7O5. The Kier molecular flexibility index (Phi) is 11.2. The van der Waals surface area contributed by atoms with Crippen LogP contribution >= 0.6 is 0 Å². The third-order valence-electron chi connectivity index (χ3n) is 3.98. The van der Waals surface area contributed by atoms with Gasteiger partial charge in [0.15, 0.2) is 12.4 Å². The molecule has 1 aromatic heterocycles. The Morgan fingerprint density at radius 3 is 2.31 bits per heavy atom. The molecule has 32 heavy (non-hydrogen) atoms. The van der Waals surface area contributed by atoms with Gasteiger partial charge in [-0.05, 0) is 12.5 Å². The predicted octanol–water partition coefficient (Wildman–Crippen LogP) is 0.0299. The molecule has 1 heterocycles. The Bertz CT molecular complexity index is 846. The van der Waals surface area contributed by atoms with E-state index in [1.807, 2.05) is 24.3 Å². The summed E-state index contributed by atoms with van der Waals surface area (Å²) >= 11 is 0. The number of carbonyl (C=O) groups is 2. The maximum atomic E-state index is 11.9. The largest absolute Gasteiger partial charge is 0.386 e. The number of aryl methyl sites for hydroxylation is 1. The maximum absolute atomic E-state index is 11.9. The van der Waals surface area contributed by atoms with Crippen LogP contribution in [0.5, 0.6) is 0 Å². The number of hydrogen-bond donors (Lipinski definition) is 2. The summed E-state index contributed by atoms with van der Waals surface area (Å²) in [7, 11) is 0. The molecule has 12 nitrogen and oxygen atoms in total. The third-order valence-corrected chi connectivity index (χ3v) is 3.98. The molecule has 0 spiro atoms. The maximum Gasteiger partial charge on any atom is 0.260 e. The summed E-state index contributed by atoms with van der Waals surface area (Å²) in [5.41, 5.74) is 1.75. The van der Waals surface area contributed by atoms with E-state index in [9.17, 15) is 9.59 Å². The zero-order valence-electron chi connectivity index (χ0n) is 18.0. The molecule has 0 unspecified atom stereocenters. The number of nitrogens with one attached hydrogen (secondary N) is 2. The Hall–Kier alpha value is -3.51. The van der Waals surface area contributed by atoms with Gasteiger partial charge in [0, 0.05) is 31.8 Å². The highest BCUT2D eigenvalue weighted by Crippen LogP contribution is 2.13. The second-order valence-corrected chi connectivity index (χ2v) is 6.47. The van der Waals surface area contributed by atoms with Crippen molar-refractivity contribution in [3.8, 4) is 11.4 Å². The number of hydrogen-bond acceptors (Lipinski definition) is 10. The second kappa shape index (κ2) is 14.5. The van der Waals surface area contributed by atoms with Gasteiger partial charge in [-0.15, -0.1) is 25.6 Å². The van der Waals surface area contributed by atoms with Crippen LogP contribution < -0.4 is 10.6 Å². The van der Waals surface area contributed by atoms with Gasteiger partial charge < -0.3 is 24.9 Å². The highest BCUT2D eigenvalue weighted by molar-refractivity contribution is 5.77. The molecule has 2 rings (SSSR count). The van der Waals surface area contributed by atoms with Gasteiger partial charge in [0.1, 0.15) is 0 Å². The standard InChI is InChI=1S/C20H27N7O5/c1-15-24-26-20(27-25-15)17-5-3-16(4-6-17)13-23-18(28)7-9-30-11-12-31-10-8-22-19(29)14-32-21-2/h3-6H,2,7-14H2,1H3,(H,22,29)(H,23,28). The molecule has 0 saturated heterocycles. The van der Waals surface area contributed by atoms with Crippen LogP contribution in [0.3, 0.4) is 0 Å². The average Bonchev–Trinajstić information content (AvgIpc) is 2.81. The summed E-state index contributed by atoms with van der Waals surface area (Å²) in [6.07, 6.45) is 0.250. The summed E-state index contributed by atoms with van der Waals surface area (Å²) < 4.78 is 10.7. The minimum absolute atomic E-state index is 0.107. The average molecular weight is 445 g/mol. The van der Waals surface area contributed by atoms with Gasteiger partial charge >= 0.3 is 0 Å². The highest BCUT2D eigenvalue weighted by atomic mass is 16.6. The van der Waals surface area contributed by atoms with Crippen molar-refractivity contribution in [3.63, 3.8) is 0 Å². The van der Waals surface area contributed by atoms with Crippen LogP contribution in [0.25, 0.3) is 11.4 Å². The van der Waals surface area contributed by atoms with Crippen molar-refractivity contribution in [2.45, 2.75) is 19.9 Å². The van der Waals surface area contributed by atoms with E-state index in [4.69, 9.17) is 9.47 Å². The Labute approximate surface area is 185 Å². The summed E-state index contributed by atoms with van der Waals surface area (Å²) in [5.74, 6) is 0.560. The highest BCUT2D eigenvalue weighted by Gasteiger charge is 2.05. The lowest BCUT2D eigenvalue weighted by Crippen LogP contribution is -2.30. The molecule has 2 N–H and O–H groups in total. The molecule has 172 valence electrons. The van der Waals surface area contributed by atoms with Crippen molar-refractivity contribution >= 4 is 18.5 Å². The number of aromatic nitrogens is 4. The molecule has 0 bridgehead atoms. The van der Waals surface area contributed by atoms with Crippen molar-refractivity contribution in [2.75, 3.05) is 39.6 Å². The molecule has 0 aliphatic rings. The zero-order valence-corrected chi connectivity index (χ0v) is 18.0. The molecule has 1 aromatic carbocycles. The molecule has 0 fully saturated rings. The van der Waals surface area contributed by atoms with Crippen LogP contribution in [-0.2, 0) is 30.4 Å². The normalized spacial score (nSPS) is 10.4. The summed E-state index contributed by atoms with van der Waals surface area (Å²) in [5, 5.41) is 24.3. The number of benzene rings is 1. The zero-order chi connectivity index (χ0) is 23.0. The van der Waals surface area contributed by atoms with Crippen LogP contribution in [0, 0.1) is 6.92 Å². The lowest BCUT2D eigenvalue weighted by Gasteiger charge is -2.08. The number of ether oxygens (including phenoxy) is 2. The molecule has 2 amide bonds. The van der Waals surface area contributed by atoms with Crippen LogP contribution in [0.15, 0.2) is 29.4 Å². The van der Waals surface area contributed by atoms with Crippen LogP contribution in [0.1, 0.15) is 17.8 Å². The molecule has 12 heteroatoms. The quantitative estimate of drug-likeness (QED) is 0.220. The number of amides is 2. The van der Waals surface area contributed by atoms with Crippen molar-refractivity contribution in [2.24, 2.45) is 5.16 Å². The van der Waals surface area contributed by atoms with E-state index in [-0.39, 0.29) is 24.8 Å². The first-order valence-electron chi connectivity index (χ1n) is 9.98. The number of nitrogens with zero attached hydrogens (tertiary/aromatic N) is 5. The molecule has 0 atom stereocenters. The molecular weight excluding hydrogens is 418 g/mol. The molecule has 0 saturated carbocycles. The van der Waals surface area contributed by atoms with E-state index < -0.39 is 0 Å². The summed E-state index contributed by atoms with van der Waals surface area (Å²) in [4.78, 5) is 27.6. The molecule has 0 aliphatic heterocycles. The first kappa shape index (κ1) is 24.8. The van der Waals surface area contributed by atoms with Gasteiger partial charge in [0.05, 0.1) is 26.4 Å². The second-order valence-electron chi connectivity index (χ2n) is 6.47. The van der Waals surface area contributed by atoms with E-state index in [2.05, 4.69) is 47.7 Å². The van der Waals surface area contributed by atoms with E-state index in [1.54, 1.807) is 6.92 Å². The van der Waals surface area contributed by atoms with Crippen LogP contribution in [-0.4, -0.2) is 78.5 Å². The van der Waals surface area contributed by atoms with E-state index in [0.717, 1.165) is 11.1 Å². The van der Waals surface area contributed by atoms with E-state index >= 15 is 0 Å². The SMILES string of the molecule is C=NOCC(=O)NCCOCCOCCC(=O)NCc1ccc(-c2nnc(C)nn2)cc1. The third kappa shape index (κ3) is 10.00. The van der Waals surface area contributed by atoms with Crippen molar-refractivity contribution in [3.05, 3.63) is 35.7 Å².